The highest BCUT2D eigenvalue weighted by molar-refractivity contribution is 5.86. The van der Waals surface area contributed by atoms with Gasteiger partial charge in [-0.25, -0.2) is 0 Å². The maximum Gasteiger partial charge on any atom is 0.240 e. The quantitative estimate of drug-likeness (QED) is 0.559. The van der Waals surface area contributed by atoms with E-state index >= 15 is 0 Å². The largest absolute Gasteiger partial charge is 0.394 e. The summed E-state index contributed by atoms with van der Waals surface area (Å²) in [6.07, 6.45) is 2.07. The second-order valence-corrected chi connectivity index (χ2v) is 4.11. The van der Waals surface area contributed by atoms with Crippen LogP contribution in [-0.2, 0) is 4.79 Å². The smallest absolute Gasteiger partial charge is 0.240 e. The Balaban J connectivity index is 2.45. The first-order chi connectivity index (χ1) is 5.98. The van der Waals surface area contributed by atoms with Gasteiger partial charge in [0.2, 0.25) is 5.91 Å². The Labute approximate surface area is 78.5 Å². The molecule has 0 bridgehead atoms. The normalized spacial score (nSPS) is 23.4. The number of carbonyl (C=O) groups is 1. The summed E-state index contributed by atoms with van der Waals surface area (Å²) in [5.41, 5.74) is 5.11. The van der Waals surface area contributed by atoms with E-state index in [1.165, 1.54) is 0 Å². The van der Waals surface area contributed by atoms with Crippen LogP contribution in [-0.4, -0.2) is 29.2 Å². The molecular formula is C9H18N2O2. The highest BCUT2D eigenvalue weighted by Gasteiger charge is 2.44. The third kappa shape index (κ3) is 2.42. The van der Waals surface area contributed by atoms with Crippen molar-refractivity contribution in [2.45, 2.75) is 38.3 Å². The van der Waals surface area contributed by atoms with Crippen LogP contribution in [0.1, 0.15) is 26.7 Å². The van der Waals surface area contributed by atoms with E-state index in [-0.39, 0.29) is 18.6 Å². The minimum absolute atomic E-state index is 0.0491. The molecule has 0 aromatic carbocycles. The minimum Gasteiger partial charge on any atom is -0.394 e. The summed E-state index contributed by atoms with van der Waals surface area (Å²) in [7, 11) is 0. The number of amides is 1. The zero-order valence-electron chi connectivity index (χ0n) is 8.21. The average Bonchev–Trinajstić information content (AvgIpc) is 2.86. The van der Waals surface area contributed by atoms with E-state index < -0.39 is 5.54 Å². The lowest BCUT2D eigenvalue weighted by atomic mass is 9.96. The van der Waals surface area contributed by atoms with Crippen molar-refractivity contribution in [1.29, 1.82) is 0 Å². The van der Waals surface area contributed by atoms with Gasteiger partial charge in [0.05, 0.1) is 12.1 Å². The van der Waals surface area contributed by atoms with Crippen LogP contribution in [0.25, 0.3) is 0 Å². The lowest BCUT2D eigenvalue weighted by molar-refractivity contribution is -0.127. The molecule has 2 atom stereocenters. The predicted octanol–water partition coefficient (Wildman–Crippen LogP) is -0.389. The standard InChI is InChI=1S/C9H18N2O2/c1-6(5-12)11-8(13)9(2,10)7-3-4-7/h6-7,12H,3-5,10H2,1-2H3,(H,11,13)/t6-,9?/m1/s1. The topological polar surface area (TPSA) is 75.3 Å². The number of nitrogens with one attached hydrogen (secondary N) is 1. The molecule has 0 spiro atoms. The molecule has 0 aliphatic heterocycles. The second kappa shape index (κ2) is 3.64. The van der Waals surface area contributed by atoms with Crippen molar-refractivity contribution in [3.05, 3.63) is 0 Å². The Morgan fingerprint density at radius 1 is 1.77 bits per heavy atom. The minimum atomic E-state index is -0.760. The van der Waals surface area contributed by atoms with Crippen molar-refractivity contribution >= 4 is 5.91 Å². The molecule has 1 fully saturated rings. The van der Waals surface area contributed by atoms with Gasteiger partial charge in [-0.3, -0.25) is 4.79 Å². The van der Waals surface area contributed by atoms with E-state index in [2.05, 4.69) is 5.32 Å². The van der Waals surface area contributed by atoms with Gasteiger partial charge in [0, 0.05) is 6.04 Å². The van der Waals surface area contributed by atoms with Gasteiger partial charge in [-0.05, 0) is 32.6 Å². The van der Waals surface area contributed by atoms with Gasteiger partial charge in [-0.15, -0.1) is 0 Å². The van der Waals surface area contributed by atoms with Crippen molar-refractivity contribution in [3.8, 4) is 0 Å². The van der Waals surface area contributed by atoms with Crippen molar-refractivity contribution in [2.24, 2.45) is 11.7 Å². The van der Waals surface area contributed by atoms with Crippen LogP contribution in [0.2, 0.25) is 0 Å². The predicted molar refractivity (Wildman–Crippen MR) is 50.0 cm³/mol. The number of nitrogens with two attached hydrogens (primary N) is 1. The van der Waals surface area contributed by atoms with Gasteiger partial charge < -0.3 is 16.2 Å². The number of carbonyl (C=O) groups excluding carboxylic acids is 1. The number of hydrogen-bond donors (Lipinski definition) is 3. The molecule has 0 aromatic heterocycles. The van der Waals surface area contributed by atoms with Crippen LogP contribution in [0.15, 0.2) is 0 Å². The zero-order valence-corrected chi connectivity index (χ0v) is 8.21. The summed E-state index contributed by atoms with van der Waals surface area (Å²) >= 11 is 0. The van der Waals surface area contributed by atoms with E-state index in [9.17, 15) is 4.79 Å². The van der Waals surface area contributed by atoms with Crippen LogP contribution in [0.3, 0.4) is 0 Å². The molecule has 76 valence electrons. The zero-order chi connectivity index (χ0) is 10.1. The lowest BCUT2D eigenvalue weighted by Gasteiger charge is -2.25. The summed E-state index contributed by atoms with van der Waals surface area (Å²) in [6, 6.07) is -0.214. The number of rotatable bonds is 4. The van der Waals surface area contributed by atoms with E-state index in [1.54, 1.807) is 13.8 Å². The third-order valence-corrected chi connectivity index (χ3v) is 2.57. The van der Waals surface area contributed by atoms with Gasteiger partial charge >= 0.3 is 0 Å². The van der Waals surface area contributed by atoms with Crippen molar-refractivity contribution in [3.63, 3.8) is 0 Å². The van der Waals surface area contributed by atoms with Gasteiger partial charge in [-0.1, -0.05) is 0 Å². The fraction of sp³-hybridized carbons (Fsp3) is 0.889. The first kappa shape index (κ1) is 10.5. The highest BCUT2D eigenvalue weighted by Crippen LogP contribution is 2.38. The molecule has 4 N–H and O–H groups in total. The molecule has 1 unspecified atom stereocenters. The molecule has 1 amide bonds. The fourth-order valence-electron chi connectivity index (χ4n) is 1.29. The number of hydrogen-bond acceptors (Lipinski definition) is 3. The van der Waals surface area contributed by atoms with Crippen molar-refractivity contribution in [1.82, 2.24) is 5.32 Å². The summed E-state index contributed by atoms with van der Waals surface area (Å²) in [5.74, 6) is 0.162. The Morgan fingerprint density at radius 3 is 2.69 bits per heavy atom. The summed E-state index contributed by atoms with van der Waals surface area (Å²) in [6.45, 7) is 3.46. The SMILES string of the molecule is C[C@H](CO)NC(=O)C(C)(N)C1CC1. The van der Waals surface area contributed by atoms with Crippen LogP contribution in [0.4, 0.5) is 0 Å². The van der Waals surface area contributed by atoms with Crippen LogP contribution in [0.5, 0.6) is 0 Å². The maximum absolute atomic E-state index is 11.6. The molecule has 0 aromatic rings. The first-order valence-corrected chi connectivity index (χ1v) is 4.69. The molecule has 4 heteroatoms. The van der Waals surface area contributed by atoms with Gasteiger partial charge in [0.1, 0.15) is 0 Å². The molecule has 1 saturated carbocycles. The average molecular weight is 186 g/mol. The Bertz CT molecular complexity index is 200. The van der Waals surface area contributed by atoms with E-state index in [0.717, 1.165) is 12.8 Å². The molecule has 1 aliphatic carbocycles. The molecular weight excluding hydrogens is 168 g/mol. The molecule has 0 saturated heterocycles. The third-order valence-electron chi connectivity index (χ3n) is 2.57. The summed E-state index contributed by atoms with van der Waals surface area (Å²) in [4.78, 5) is 11.6. The van der Waals surface area contributed by atoms with Crippen LogP contribution in [0, 0.1) is 5.92 Å². The molecule has 0 radical (unpaired) electrons. The summed E-state index contributed by atoms with van der Waals surface area (Å²) in [5, 5.41) is 11.4. The van der Waals surface area contributed by atoms with Gasteiger partial charge in [0.15, 0.2) is 0 Å². The van der Waals surface area contributed by atoms with Crippen molar-refractivity contribution in [2.75, 3.05) is 6.61 Å². The molecule has 1 rings (SSSR count). The fourth-order valence-corrected chi connectivity index (χ4v) is 1.29. The van der Waals surface area contributed by atoms with E-state index in [1.807, 2.05) is 0 Å². The molecule has 1 aliphatic rings. The summed E-state index contributed by atoms with van der Waals surface area (Å²) < 4.78 is 0. The Morgan fingerprint density at radius 2 is 2.31 bits per heavy atom. The van der Waals surface area contributed by atoms with Gasteiger partial charge in [0.25, 0.3) is 0 Å². The van der Waals surface area contributed by atoms with Crippen molar-refractivity contribution < 1.29 is 9.90 Å². The lowest BCUT2D eigenvalue weighted by Crippen LogP contribution is -2.55. The second-order valence-electron chi connectivity index (χ2n) is 4.11. The van der Waals surface area contributed by atoms with Crippen LogP contribution < -0.4 is 11.1 Å². The number of aliphatic hydroxyl groups excluding tert-OH is 1. The molecule has 13 heavy (non-hydrogen) atoms. The molecule has 4 nitrogen and oxygen atoms in total. The Hall–Kier alpha value is -0.610. The maximum atomic E-state index is 11.6. The highest BCUT2D eigenvalue weighted by atomic mass is 16.3. The van der Waals surface area contributed by atoms with Gasteiger partial charge in [-0.2, -0.15) is 0 Å². The molecule has 0 heterocycles. The van der Waals surface area contributed by atoms with Crippen LogP contribution >= 0.6 is 0 Å². The number of aliphatic hydroxyl groups is 1. The Kier molecular flexibility index (Phi) is 2.93. The van der Waals surface area contributed by atoms with E-state index in [4.69, 9.17) is 10.8 Å². The van der Waals surface area contributed by atoms with E-state index in [0.29, 0.717) is 5.92 Å². The first-order valence-electron chi connectivity index (χ1n) is 4.69. The monoisotopic (exact) mass is 186 g/mol.